The molecule has 3 heteroatoms. The van der Waals surface area contributed by atoms with Gasteiger partial charge in [-0.3, -0.25) is 4.98 Å². The average molecular weight is 217 g/mol. The van der Waals surface area contributed by atoms with Crippen LogP contribution in [0.2, 0.25) is 0 Å². The lowest BCUT2D eigenvalue weighted by molar-refractivity contribution is 0.570. The molecule has 1 N–H and O–H groups in total. The highest BCUT2D eigenvalue weighted by Gasteiger charge is 1.96. The van der Waals surface area contributed by atoms with Crippen LogP contribution in [-0.4, -0.2) is 15.1 Å². The molecule has 0 saturated carbocycles. The van der Waals surface area contributed by atoms with Crippen LogP contribution in [0.5, 0.6) is 0 Å². The normalized spacial score (nSPS) is 11.9. The van der Waals surface area contributed by atoms with Crippen molar-refractivity contribution in [3.8, 4) is 0 Å². The summed E-state index contributed by atoms with van der Waals surface area (Å²) in [5.74, 6) is 0. The molecule has 2 nitrogen and oxygen atoms in total. The standard InChI is InChI=1S/C12H11NOS/c14-12(10-5-4-8-13-9-10)15-11-6-2-1-3-7-11/h1-9,14-15H. The Morgan fingerprint density at radius 1 is 1.07 bits per heavy atom. The van der Waals surface area contributed by atoms with Crippen LogP contribution >= 0.6 is 11.4 Å². The molecule has 0 fully saturated rings. The van der Waals surface area contributed by atoms with Crippen molar-refractivity contribution in [3.63, 3.8) is 0 Å². The van der Waals surface area contributed by atoms with E-state index < -0.39 is 0 Å². The molecular weight excluding hydrogens is 206 g/mol. The van der Waals surface area contributed by atoms with Gasteiger partial charge < -0.3 is 5.11 Å². The molecule has 0 unspecified atom stereocenters. The summed E-state index contributed by atoms with van der Waals surface area (Å²) in [4.78, 5) is 5.03. The third-order valence-electron chi connectivity index (χ3n) is 1.91. The Bertz CT molecular complexity index is 454. The summed E-state index contributed by atoms with van der Waals surface area (Å²) in [6, 6.07) is 13.5. The fraction of sp³-hybridized carbons (Fsp3) is 0. The summed E-state index contributed by atoms with van der Waals surface area (Å²) >= 11 is 0.808. The molecule has 0 radical (unpaired) electrons. The summed E-state index contributed by atoms with van der Waals surface area (Å²) in [7, 11) is 0. The number of benzene rings is 1. The van der Waals surface area contributed by atoms with E-state index in [9.17, 15) is 5.11 Å². The molecular formula is C12H11NOS. The lowest BCUT2D eigenvalue weighted by atomic mass is 10.3. The first-order chi connectivity index (χ1) is 7.36. The number of hydrogen-bond acceptors (Lipinski definition) is 1. The molecule has 1 aromatic heterocycles. The zero-order chi connectivity index (χ0) is 10.5. The largest absolute Gasteiger partial charge is 0.355 e. The lowest BCUT2D eigenvalue weighted by Crippen LogP contribution is -1.95. The van der Waals surface area contributed by atoms with Gasteiger partial charge in [-0.15, -0.1) is 11.4 Å². The molecule has 2 aromatic rings. The van der Waals surface area contributed by atoms with Gasteiger partial charge in [-0.1, -0.05) is 18.2 Å². The van der Waals surface area contributed by atoms with Crippen LogP contribution in [0.15, 0.2) is 59.8 Å². The third kappa shape index (κ3) is 2.75. The van der Waals surface area contributed by atoms with E-state index >= 15 is 0 Å². The molecule has 0 aliphatic carbocycles. The van der Waals surface area contributed by atoms with Crippen molar-refractivity contribution < 1.29 is 5.11 Å². The quantitative estimate of drug-likeness (QED) is 0.599. The second kappa shape index (κ2) is 4.87. The van der Waals surface area contributed by atoms with Crippen LogP contribution in [0.4, 0.5) is 0 Å². The Morgan fingerprint density at radius 3 is 2.53 bits per heavy atom. The van der Waals surface area contributed by atoms with Crippen molar-refractivity contribution in [1.82, 2.24) is 4.98 Å². The van der Waals surface area contributed by atoms with Gasteiger partial charge in [0.2, 0.25) is 0 Å². The Morgan fingerprint density at radius 2 is 1.87 bits per heavy atom. The van der Waals surface area contributed by atoms with E-state index in [0.717, 1.165) is 21.8 Å². The number of aliphatic hydroxyl groups excluding tert-OH is 1. The molecule has 0 aliphatic rings. The molecule has 15 heavy (non-hydrogen) atoms. The first-order valence-corrected chi connectivity index (χ1v) is 5.49. The van der Waals surface area contributed by atoms with Gasteiger partial charge in [-0.05, 0) is 24.3 Å². The zero-order valence-corrected chi connectivity index (χ0v) is 8.93. The van der Waals surface area contributed by atoms with Crippen molar-refractivity contribution in [3.05, 3.63) is 60.4 Å². The van der Waals surface area contributed by atoms with Crippen molar-refractivity contribution in [1.29, 1.82) is 0 Å². The van der Waals surface area contributed by atoms with Gasteiger partial charge in [-0.2, -0.15) is 0 Å². The first kappa shape index (κ1) is 10.1. The van der Waals surface area contributed by atoms with Gasteiger partial charge in [-0.25, -0.2) is 0 Å². The molecule has 0 spiro atoms. The van der Waals surface area contributed by atoms with E-state index in [-0.39, 0.29) is 0 Å². The van der Waals surface area contributed by atoms with E-state index in [1.54, 1.807) is 12.4 Å². The fourth-order valence-corrected chi connectivity index (χ4v) is 2.01. The summed E-state index contributed by atoms with van der Waals surface area (Å²) in [5, 5.41) is 10.2. The van der Waals surface area contributed by atoms with Crippen LogP contribution in [0, 0.1) is 0 Å². The van der Waals surface area contributed by atoms with E-state index in [2.05, 4.69) is 4.98 Å². The monoisotopic (exact) mass is 217 g/mol. The van der Waals surface area contributed by atoms with Crippen LogP contribution in [0.3, 0.4) is 0 Å². The predicted octanol–water partition coefficient (Wildman–Crippen LogP) is 2.64. The molecule has 0 saturated heterocycles. The van der Waals surface area contributed by atoms with E-state index in [0.29, 0.717) is 5.05 Å². The maximum atomic E-state index is 9.84. The molecule has 1 heterocycles. The van der Waals surface area contributed by atoms with Crippen molar-refractivity contribution in [2.24, 2.45) is 0 Å². The topological polar surface area (TPSA) is 33.1 Å². The summed E-state index contributed by atoms with van der Waals surface area (Å²) in [6.07, 6.45) is 3.35. The number of nitrogens with zero attached hydrogens (tertiary/aromatic N) is 1. The second-order valence-corrected chi connectivity index (χ2v) is 4.18. The third-order valence-corrected chi connectivity index (χ3v) is 2.94. The number of pyridine rings is 1. The smallest absolute Gasteiger partial charge is 0.106 e. The zero-order valence-electron chi connectivity index (χ0n) is 8.04. The summed E-state index contributed by atoms with van der Waals surface area (Å²) in [6.45, 7) is 0. The van der Waals surface area contributed by atoms with E-state index in [1.807, 2.05) is 42.5 Å². The minimum atomic E-state index is 0.328. The number of thiol groups is 1. The Kier molecular flexibility index (Phi) is 3.27. The van der Waals surface area contributed by atoms with E-state index in [4.69, 9.17) is 0 Å². The molecule has 0 atom stereocenters. The lowest BCUT2D eigenvalue weighted by Gasteiger charge is -1.99. The van der Waals surface area contributed by atoms with Crippen LogP contribution < -0.4 is 0 Å². The van der Waals surface area contributed by atoms with Gasteiger partial charge in [0.25, 0.3) is 0 Å². The molecule has 76 valence electrons. The Labute approximate surface area is 92.2 Å². The van der Waals surface area contributed by atoms with Gasteiger partial charge >= 0.3 is 0 Å². The highest BCUT2D eigenvalue weighted by molar-refractivity contribution is 7.98. The minimum absolute atomic E-state index is 0.328. The summed E-state index contributed by atoms with van der Waals surface area (Å²) in [5.41, 5.74) is 0.767. The SMILES string of the molecule is OC(=[SH]c1ccccc1)c1cccnc1. The average Bonchev–Trinajstić information content (AvgIpc) is 2.31. The molecule has 0 aliphatic heterocycles. The van der Waals surface area contributed by atoms with Gasteiger partial charge in [0.1, 0.15) is 5.05 Å². The highest BCUT2D eigenvalue weighted by Crippen LogP contribution is 2.12. The van der Waals surface area contributed by atoms with Crippen molar-refractivity contribution in [2.75, 3.05) is 0 Å². The molecule has 2 rings (SSSR count). The van der Waals surface area contributed by atoms with Crippen molar-refractivity contribution in [2.45, 2.75) is 4.90 Å². The highest BCUT2D eigenvalue weighted by atomic mass is 32.1. The number of hydrogen-bond donors (Lipinski definition) is 2. The molecule has 1 aromatic carbocycles. The molecule has 0 amide bonds. The number of rotatable bonds is 2. The van der Waals surface area contributed by atoms with E-state index in [1.165, 1.54) is 0 Å². The Balaban J connectivity index is 2.29. The Hall–Kier alpha value is -1.45. The van der Waals surface area contributed by atoms with Gasteiger partial charge in [0.15, 0.2) is 0 Å². The number of aromatic nitrogens is 1. The molecule has 0 bridgehead atoms. The predicted molar refractivity (Wildman–Crippen MR) is 64.7 cm³/mol. The minimum Gasteiger partial charge on any atom is -0.355 e. The van der Waals surface area contributed by atoms with Gasteiger partial charge in [0.05, 0.1) is 0 Å². The van der Waals surface area contributed by atoms with Crippen LogP contribution in [0.1, 0.15) is 5.56 Å². The fourth-order valence-electron chi connectivity index (χ4n) is 1.18. The van der Waals surface area contributed by atoms with Gasteiger partial charge in [0, 0.05) is 22.9 Å². The van der Waals surface area contributed by atoms with Crippen LogP contribution in [0.25, 0.3) is 0 Å². The maximum absolute atomic E-state index is 9.84. The second-order valence-electron chi connectivity index (χ2n) is 3.01. The first-order valence-electron chi connectivity index (χ1n) is 4.59. The maximum Gasteiger partial charge on any atom is 0.106 e. The summed E-state index contributed by atoms with van der Waals surface area (Å²) < 4.78 is 0. The van der Waals surface area contributed by atoms with Crippen LogP contribution in [-0.2, 0) is 0 Å². The number of aliphatic hydroxyl groups is 1. The van der Waals surface area contributed by atoms with Crippen molar-refractivity contribution >= 4 is 16.4 Å².